The summed E-state index contributed by atoms with van der Waals surface area (Å²) in [4.78, 5) is 19.3. The SMILES string of the molecule is CCNC(=NCC1(c2ccccc2OC)CCCC1)NC1CCN(C(=O)C(C)C)C1. The molecule has 1 aromatic carbocycles. The van der Waals surface area contributed by atoms with E-state index in [1.54, 1.807) is 7.11 Å². The molecule has 0 spiro atoms. The van der Waals surface area contributed by atoms with Crippen molar-refractivity contribution in [3.05, 3.63) is 29.8 Å². The number of para-hydroxylation sites is 1. The van der Waals surface area contributed by atoms with Gasteiger partial charge in [-0.1, -0.05) is 44.9 Å². The fourth-order valence-corrected chi connectivity index (χ4v) is 4.83. The first-order valence-corrected chi connectivity index (χ1v) is 11.5. The van der Waals surface area contributed by atoms with E-state index in [0.29, 0.717) is 0 Å². The lowest BCUT2D eigenvalue weighted by Crippen LogP contribution is -2.46. The van der Waals surface area contributed by atoms with Crippen molar-refractivity contribution in [1.82, 2.24) is 15.5 Å². The number of hydrogen-bond acceptors (Lipinski definition) is 3. The smallest absolute Gasteiger partial charge is 0.225 e. The number of methoxy groups -OCH3 is 1. The maximum atomic E-state index is 12.3. The number of carbonyl (C=O) groups excluding carboxylic acids is 1. The summed E-state index contributed by atoms with van der Waals surface area (Å²) in [5, 5.41) is 6.98. The summed E-state index contributed by atoms with van der Waals surface area (Å²) in [6.07, 6.45) is 5.69. The van der Waals surface area contributed by atoms with Crippen molar-refractivity contribution in [1.29, 1.82) is 0 Å². The van der Waals surface area contributed by atoms with Crippen molar-refractivity contribution in [2.45, 2.75) is 64.3 Å². The van der Waals surface area contributed by atoms with Crippen LogP contribution in [0.1, 0.15) is 58.4 Å². The highest BCUT2D eigenvalue weighted by molar-refractivity contribution is 5.81. The van der Waals surface area contributed by atoms with Crippen LogP contribution in [0, 0.1) is 5.92 Å². The molecule has 1 heterocycles. The Kier molecular flexibility index (Phi) is 7.62. The third-order valence-corrected chi connectivity index (χ3v) is 6.46. The first-order chi connectivity index (χ1) is 14.5. The van der Waals surface area contributed by atoms with Crippen LogP contribution < -0.4 is 15.4 Å². The van der Waals surface area contributed by atoms with E-state index in [4.69, 9.17) is 9.73 Å². The summed E-state index contributed by atoms with van der Waals surface area (Å²) >= 11 is 0. The number of amides is 1. The van der Waals surface area contributed by atoms with Gasteiger partial charge in [0.15, 0.2) is 5.96 Å². The fraction of sp³-hybridized carbons (Fsp3) is 0.667. The molecular formula is C24H38N4O2. The molecule has 1 unspecified atom stereocenters. The number of guanidine groups is 1. The molecule has 1 saturated carbocycles. The minimum absolute atomic E-state index is 0.0320. The average molecular weight is 415 g/mol. The van der Waals surface area contributed by atoms with Crippen LogP contribution in [0.5, 0.6) is 5.75 Å². The molecule has 6 nitrogen and oxygen atoms in total. The first-order valence-electron chi connectivity index (χ1n) is 11.5. The molecule has 1 aliphatic carbocycles. The van der Waals surface area contributed by atoms with Crippen LogP contribution in [0.2, 0.25) is 0 Å². The van der Waals surface area contributed by atoms with Crippen LogP contribution in [0.15, 0.2) is 29.3 Å². The summed E-state index contributed by atoms with van der Waals surface area (Å²) in [7, 11) is 1.75. The number of rotatable bonds is 7. The maximum Gasteiger partial charge on any atom is 0.225 e. The van der Waals surface area contributed by atoms with Crippen molar-refractivity contribution >= 4 is 11.9 Å². The number of hydrogen-bond donors (Lipinski definition) is 2. The Hall–Kier alpha value is -2.24. The quantitative estimate of drug-likeness (QED) is 0.531. The van der Waals surface area contributed by atoms with Gasteiger partial charge in [0, 0.05) is 42.6 Å². The van der Waals surface area contributed by atoms with Gasteiger partial charge >= 0.3 is 0 Å². The molecule has 1 atom stereocenters. The van der Waals surface area contributed by atoms with Gasteiger partial charge < -0.3 is 20.3 Å². The van der Waals surface area contributed by atoms with E-state index in [1.165, 1.54) is 18.4 Å². The van der Waals surface area contributed by atoms with Gasteiger partial charge in [0.2, 0.25) is 5.91 Å². The Bertz CT molecular complexity index is 740. The zero-order valence-corrected chi connectivity index (χ0v) is 19.0. The number of ether oxygens (including phenoxy) is 1. The standard InChI is InChI=1S/C24H38N4O2/c1-5-25-23(27-19-12-15-28(16-19)22(29)18(2)3)26-17-24(13-8-9-14-24)20-10-6-7-11-21(20)30-4/h6-7,10-11,18-19H,5,8-9,12-17H2,1-4H3,(H2,25,26,27). The molecular weight excluding hydrogens is 376 g/mol. The van der Waals surface area contributed by atoms with Crippen LogP contribution in [-0.2, 0) is 10.2 Å². The predicted molar refractivity (Wildman–Crippen MR) is 122 cm³/mol. The summed E-state index contributed by atoms with van der Waals surface area (Å²) in [5.74, 6) is 2.10. The molecule has 2 N–H and O–H groups in total. The molecule has 2 fully saturated rings. The highest BCUT2D eigenvalue weighted by Crippen LogP contribution is 2.44. The summed E-state index contributed by atoms with van der Waals surface area (Å²) < 4.78 is 5.68. The summed E-state index contributed by atoms with van der Waals surface area (Å²) in [6, 6.07) is 8.64. The van der Waals surface area contributed by atoms with E-state index in [1.807, 2.05) is 24.8 Å². The first kappa shape index (κ1) is 22.4. The van der Waals surface area contributed by atoms with Crippen LogP contribution in [0.4, 0.5) is 0 Å². The monoisotopic (exact) mass is 414 g/mol. The summed E-state index contributed by atoms with van der Waals surface area (Å²) in [6.45, 7) is 9.14. The Morgan fingerprint density at radius 2 is 2.03 bits per heavy atom. The molecule has 166 valence electrons. The normalized spacial score (nSPS) is 21.2. The molecule has 6 heteroatoms. The van der Waals surface area contributed by atoms with Crippen molar-refractivity contribution in [2.75, 3.05) is 33.3 Å². The molecule has 30 heavy (non-hydrogen) atoms. The highest BCUT2D eigenvalue weighted by atomic mass is 16.5. The van der Waals surface area contributed by atoms with Gasteiger partial charge in [-0.25, -0.2) is 0 Å². The molecule has 0 bridgehead atoms. The van der Waals surface area contributed by atoms with Crippen molar-refractivity contribution in [3.63, 3.8) is 0 Å². The lowest BCUT2D eigenvalue weighted by molar-refractivity contribution is -0.133. The minimum Gasteiger partial charge on any atom is -0.496 e. The topological polar surface area (TPSA) is 66.0 Å². The summed E-state index contributed by atoms with van der Waals surface area (Å²) in [5.41, 5.74) is 1.31. The largest absolute Gasteiger partial charge is 0.496 e. The number of aliphatic imine (C=N–C) groups is 1. The Morgan fingerprint density at radius 3 is 2.70 bits per heavy atom. The second-order valence-corrected chi connectivity index (χ2v) is 8.95. The minimum atomic E-state index is 0.0320. The van der Waals surface area contributed by atoms with Gasteiger partial charge in [-0.05, 0) is 32.3 Å². The van der Waals surface area contributed by atoms with Gasteiger partial charge in [-0.2, -0.15) is 0 Å². The van der Waals surface area contributed by atoms with Crippen molar-refractivity contribution in [2.24, 2.45) is 10.9 Å². The number of nitrogens with zero attached hydrogens (tertiary/aromatic N) is 2. The van der Waals surface area contributed by atoms with Gasteiger partial charge in [-0.15, -0.1) is 0 Å². The van der Waals surface area contributed by atoms with Crippen LogP contribution in [0.25, 0.3) is 0 Å². The second kappa shape index (κ2) is 10.2. The third kappa shape index (κ3) is 5.08. The van der Waals surface area contributed by atoms with E-state index < -0.39 is 0 Å². The Morgan fingerprint density at radius 1 is 1.30 bits per heavy atom. The maximum absolute atomic E-state index is 12.3. The van der Waals surface area contributed by atoms with Crippen LogP contribution in [-0.4, -0.2) is 56.1 Å². The lowest BCUT2D eigenvalue weighted by atomic mass is 9.78. The molecule has 1 aliphatic heterocycles. The molecule has 2 aliphatic rings. The molecule has 1 aromatic rings. The van der Waals surface area contributed by atoms with Gasteiger partial charge in [0.25, 0.3) is 0 Å². The van der Waals surface area contributed by atoms with E-state index >= 15 is 0 Å². The van der Waals surface area contributed by atoms with E-state index in [2.05, 4.69) is 35.8 Å². The molecule has 3 rings (SSSR count). The van der Waals surface area contributed by atoms with Crippen molar-refractivity contribution in [3.8, 4) is 5.75 Å². The average Bonchev–Trinajstić information content (AvgIpc) is 3.42. The second-order valence-electron chi connectivity index (χ2n) is 8.95. The fourth-order valence-electron chi connectivity index (χ4n) is 4.83. The van der Waals surface area contributed by atoms with Crippen molar-refractivity contribution < 1.29 is 9.53 Å². The zero-order valence-electron chi connectivity index (χ0n) is 19.0. The van der Waals surface area contributed by atoms with Crippen LogP contribution in [0.3, 0.4) is 0 Å². The van der Waals surface area contributed by atoms with E-state index in [-0.39, 0.29) is 23.3 Å². The number of benzene rings is 1. The molecule has 0 aromatic heterocycles. The van der Waals surface area contributed by atoms with Crippen LogP contribution >= 0.6 is 0 Å². The lowest BCUT2D eigenvalue weighted by Gasteiger charge is -2.30. The molecule has 1 saturated heterocycles. The zero-order chi connectivity index (χ0) is 21.6. The third-order valence-electron chi connectivity index (χ3n) is 6.46. The Balaban J connectivity index is 1.72. The predicted octanol–water partition coefficient (Wildman–Crippen LogP) is 3.32. The van der Waals surface area contributed by atoms with Gasteiger partial charge in [-0.3, -0.25) is 9.79 Å². The number of likely N-dealkylation sites (tertiary alicyclic amines) is 1. The number of carbonyl (C=O) groups is 1. The molecule has 1 amide bonds. The number of nitrogens with one attached hydrogen (secondary N) is 2. The van der Waals surface area contributed by atoms with E-state index in [0.717, 1.165) is 57.2 Å². The van der Waals surface area contributed by atoms with Gasteiger partial charge in [0.05, 0.1) is 13.7 Å². The van der Waals surface area contributed by atoms with Gasteiger partial charge in [0.1, 0.15) is 5.75 Å². The Labute approximate surface area is 181 Å². The van der Waals surface area contributed by atoms with E-state index in [9.17, 15) is 4.79 Å². The highest BCUT2D eigenvalue weighted by Gasteiger charge is 2.38. The molecule has 0 radical (unpaired) electrons.